The van der Waals surface area contributed by atoms with Crippen LogP contribution in [0.4, 0.5) is 0 Å². The summed E-state index contributed by atoms with van der Waals surface area (Å²) in [7, 11) is 0. The molecule has 0 aromatic heterocycles. The number of ketones is 1. The van der Waals surface area contributed by atoms with Crippen molar-refractivity contribution in [1.82, 2.24) is 4.90 Å². The highest BCUT2D eigenvalue weighted by molar-refractivity contribution is 8.22. The Morgan fingerprint density at radius 3 is 2.73 bits per heavy atom. The fourth-order valence-electron chi connectivity index (χ4n) is 1.27. The number of morpholine rings is 1. The molecule has 0 spiro atoms. The van der Waals surface area contributed by atoms with Gasteiger partial charge in [-0.3, -0.25) is 4.79 Å². The molecule has 0 unspecified atom stereocenters. The van der Waals surface area contributed by atoms with Crippen molar-refractivity contribution in [3.8, 4) is 0 Å². The predicted octanol–water partition coefficient (Wildman–Crippen LogP) is 1.71. The zero-order valence-corrected chi connectivity index (χ0v) is 10.7. The Balaban J connectivity index is 2.14. The van der Waals surface area contributed by atoms with Gasteiger partial charge in [0.05, 0.1) is 13.2 Å². The lowest BCUT2D eigenvalue weighted by molar-refractivity contribution is -0.118. The van der Waals surface area contributed by atoms with Crippen LogP contribution in [-0.4, -0.2) is 47.1 Å². The quantitative estimate of drug-likeness (QED) is 0.706. The number of ether oxygens (including phenoxy) is 1. The van der Waals surface area contributed by atoms with E-state index in [2.05, 4.69) is 4.90 Å². The van der Waals surface area contributed by atoms with Gasteiger partial charge in [-0.05, 0) is 0 Å². The highest BCUT2D eigenvalue weighted by Crippen LogP contribution is 2.12. The van der Waals surface area contributed by atoms with E-state index in [-0.39, 0.29) is 0 Å². The molecule has 0 radical (unpaired) electrons. The Morgan fingerprint density at radius 1 is 1.47 bits per heavy atom. The largest absolute Gasteiger partial charge is 0.378 e. The summed E-state index contributed by atoms with van der Waals surface area (Å²) in [5, 5.41) is 0. The van der Waals surface area contributed by atoms with Crippen molar-refractivity contribution in [2.45, 2.75) is 19.8 Å². The van der Waals surface area contributed by atoms with Crippen molar-refractivity contribution >= 4 is 34.1 Å². The Kier molecular flexibility index (Phi) is 6.20. The number of hydrogen-bond acceptors (Lipinski definition) is 4. The molecule has 0 atom stereocenters. The summed E-state index contributed by atoms with van der Waals surface area (Å²) >= 11 is 6.89. The standard InChI is InChI=1S/C10H17NO2S2/c1-2-9(12)3-8-15-10(14)11-4-6-13-7-5-11/h2-8H2,1H3. The van der Waals surface area contributed by atoms with Crippen molar-refractivity contribution in [1.29, 1.82) is 0 Å². The first kappa shape index (κ1) is 12.9. The third-order valence-corrected chi connectivity index (χ3v) is 3.80. The predicted molar refractivity (Wildman–Crippen MR) is 67.4 cm³/mol. The number of rotatable bonds is 4. The van der Waals surface area contributed by atoms with E-state index in [1.165, 1.54) is 0 Å². The molecule has 0 aliphatic carbocycles. The maximum atomic E-state index is 11.1. The zero-order chi connectivity index (χ0) is 11.1. The smallest absolute Gasteiger partial charge is 0.136 e. The number of thioether (sulfide) groups is 1. The van der Waals surface area contributed by atoms with Gasteiger partial charge in [-0.25, -0.2) is 0 Å². The minimum absolute atomic E-state index is 0.312. The molecule has 0 amide bonds. The molecule has 1 aliphatic rings. The lowest BCUT2D eigenvalue weighted by Crippen LogP contribution is -2.38. The molecule has 15 heavy (non-hydrogen) atoms. The molecule has 0 bridgehead atoms. The van der Waals surface area contributed by atoms with Gasteiger partial charge in [0, 0.05) is 31.7 Å². The summed E-state index contributed by atoms with van der Waals surface area (Å²) in [5.41, 5.74) is 0. The van der Waals surface area contributed by atoms with E-state index in [4.69, 9.17) is 17.0 Å². The molecule has 5 heteroatoms. The van der Waals surface area contributed by atoms with Crippen molar-refractivity contribution in [3.05, 3.63) is 0 Å². The molecule has 0 saturated carbocycles. The normalized spacial score (nSPS) is 16.5. The fourth-order valence-corrected chi connectivity index (χ4v) is 2.57. The molecule has 1 aliphatic heterocycles. The minimum Gasteiger partial charge on any atom is -0.378 e. The van der Waals surface area contributed by atoms with Crippen LogP contribution in [0.2, 0.25) is 0 Å². The molecule has 86 valence electrons. The summed E-state index contributed by atoms with van der Waals surface area (Å²) in [6, 6.07) is 0. The molecule has 3 nitrogen and oxygen atoms in total. The van der Waals surface area contributed by atoms with E-state index >= 15 is 0 Å². The molecule has 1 heterocycles. The van der Waals surface area contributed by atoms with Crippen LogP contribution in [0.25, 0.3) is 0 Å². The first-order chi connectivity index (χ1) is 7.24. The van der Waals surface area contributed by atoms with Crippen molar-refractivity contribution in [3.63, 3.8) is 0 Å². The monoisotopic (exact) mass is 247 g/mol. The van der Waals surface area contributed by atoms with Gasteiger partial charge in [0.1, 0.15) is 10.1 Å². The average molecular weight is 247 g/mol. The minimum atomic E-state index is 0.312. The second-order valence-electron chi connectivity index (χ2n) is 3.36. The van der Waals surface area contributed by atoms with Gasteiger partial charge in [0.25, 0.3) is 0 Å². The highest BCUT2D eigenvalue weighted by Gasteiger charge is 2.13. The summed E-state index contributed by atoms with van der Waals surface area (Å²) in [6.07, 6.45) is 1.26. The Hall–Kier alpha value is -0.130. The summed E-state index contributed by atoms with van der Waals surface area (Å²) in [5.74, 6) is 1.12. The van der Waals surface area contributed by atoms with Crippen LogP contribution in [0, 0.1) is 0 Å². The van der Waals surface area contributed by atoms with Crippen LogP contribution in [-0.2, 0) is 9.53 Å². The Bertz CT molecular complexity index is 227. The fraction of sp³-hybridized carbons (Fsp3) is 0.800. The van der Waals surface area contributed by atoms with Crippen molar-refractivity contribution in [2.24, 2.45) is 0 Å². The van der Waals surface area contributed by atoms with E-state index in [9.17, 15) is 4.79 Å². The van der Waals surface area contributed by atoms with Gasteiger partial charge >= 0.3 is 0 Å². The number of thiocarbonyl (C=S) groups is 1. The van der Waals surface area contributed by atoms with Gasteiger partial charge < -0.3 is 9.64 Å². The van der Waals surface area contributed by atoms with Crippen molar-refractivity contribution < 1.29 is 9.53 Å². The molecule has 0 N–H and O–H groups in total. The maximum Gasteiger partial charge on any atom is 0.136 e. The van der Waals surface area contributed by atoms with Gasteiger partial charge in [0.15, 0.2) is 0 Å². The van der Waals surface area contributed by atoms with Gasteiger partial charge in [-0.15, -0.1) is 0 Å². The van der Waals surface area contributed by atoms with E-state index in [1.54, 1.807) is 11.8 Å². The first-order valence-corrected chi connectivity index (χ1v) is 6.64. The van der Waals surface area contributed by atoms with Crippen LogP contribution < -0.4 is 0 Å². The second kappa shape index (κ2) is 7.19. The number of Topliss-reactive ketones (excluding diaryl/α,β-unsaturated/α-hetero) is 1. The number of carbonyl (C=O) groups is 1. The summed E-state index contributed by atoms with van der Waals surface area (Å²) in [4.78, 5) is 13.2. The molecular formula is C10H17NO2S2. The summed E-state index contributed by atoms with van der Waals surface area (Å²) < 4.78 is 6.15. The van der Waals surface area contributed by atoms with E-state index in [0.717, 1.165) is 36.4 Å². The SMILES string of the molecule is CCC(=O)CCSC(=S)N1CCOCC1. The third kappa shape index (κ3) is 4.95. The number of carbonyl (C=O) groups excluding carboxylic acids is 1. The Morgan fingerprint density at radius 2 is 2.13 bits per heavy atom. The van der Waals surface area contributed by atoms with Gasteiger partial charge in [-0.1, -0.05) is 30.9 Å². The molecule has 1 rings (SSSR count). The molecule has 1 saturated heterocycles. The lowest BCUT2D eigenvalue weighted by atomic mass is 10.2. The van der Waals surface area contributed by atoms with E-state index < -0.39 is 0 Å². The summed E-state index contributed by atoms with van der Waals surface area (Å²) in [6.45, 7) is 5.18. The zero-order valence-electron chi connectivity index (χ0n) is 9.03. The molecule has 0 aromatic rings. The van der Waals surface area contributed by atoms with Crippen LogP contribution in [0.15, 0.2) is 0 Å². The molecule has 1 fully saturated rings. The van der Waals surface area contributed by atoms with E-state index in [0.29, 0.717) is 18.6 Å². The molecule has 0 aromatic carbocycles. The first-order valence-electron chi connectivity index (χ1n) is 5.25. The third-order valence-electron chi connectivity index (χ3n) is 2.27. The average Bonchev–Trinajstić information content (AvgIpc) is 2.29. The maximum absolute atomic E-state index is 11.1. The van der Waals surface area contributed by atoms with E-state index in [1.807, 2.05) is 6.92 Å². The van der Waals surface area contributed by atoms with Gasteiger partial charge in [0.2, 0.25) is 0 Å². The Labute approximate surface area is 101 Å². The number of nitrogens with zero attached hydrogens (tertiary/aromatic N) is 1. The van der Waals surface area contributed by atoms with Crippen molar-refractivity contribution in [2.75, 3.05) is 32.1 Å². The lowest BCUT2D eigenvalue weighted by Gasteiger charge is -2.28. The highest BCUT2D eigenvalue weighted by atomic mass is 32.2. The van der Waals surface area contributed by atoms with Gasteiger partial charge in [-0.2, -0.15) is 0 Å². The van der Waals surface area contributed by atoms with Crippen LogP contribution in [0.1, 0.15) is 19.8 Å². The van der Waals surface area contributed by atoms with Crippen LogP contribution in [0.3, 0.4) is 0 Å². The second-order valence-corrected chi connectivity index (χ2v) is 5.08. The molecular weight excluding hydrogens is 230 g/mol. The topological polar surface area (TPSA) is 29.5 Å². The number of hydrogen-bond donors (Lipinski definition) is 0. The van der Waals surface area contributed by atoms with Crippen LogP contribution >= 0.6 is 24.0 Å². The van der Waals surface area contributed by atoms with Crippen LogP contribution in [0.5, 0.6) is 0 Å².